The van der Waals surface area contributed by atoms with Gasteiger partial charge in [-0.25, -0.2) is 0 Å². The maximum atomic E-state index is 15.4. The van der Waals surface area contributed by atoms with E-state index in [0.717, 1.165) is 5.57 Å². The Bertz CT molecular complexity index is 2270. The molecule has 30 atom stereocenters. The standard InChI is InChI=1S/C54H84O25/c1-21-29(58)33(62)40(76-43-38(67)34(63)39(22(2)73-43)75-44-36(65)31(60)30(59)26(19-55)74-44)46(72-21)79-48(70)54-15-13-49(3,4)17-24(54)23-9-10-27-50(5)18-25(57)41(77-45-37(66)32(61)35(64)42(78-45)71-20-56)53(8,47(68)69)28(50)11-12-52(27,7)51(23,6)14-16-54/h9,20-22,24-46,55,57-67H,10-19H2,1-8H3,(H,68,69)/t21?,22?,24-,25-,26?,27+,28+,29-,30+,31-,32-,33?,34+,35-,36?,37?,38?,39-,40+,41-,42?,43-,44-,45+,46-,50+,51+,52+,53-,54-/m0/s1. The first-order chi connectivity index (χ1) is 36.9. The summed E-state index contributed by atoms with van der Waals surface area (Å²) in [7, 11) is 0. The number of carbonyl (C=O) groups excluding carboxylic acids is 2. The van der Waals surface area contributed by atoms with E-state index in [1.165, 1.54) is 20.8 Å². The fourth-order valence-electron chi connectivity index (χ4n) is 16.4. The first-order valence-corrected chi connectivity index (χ1v) is 27.8. The van der Waals surface area contributed by atoms with Gasteiger partial charge in [-0.2, -0.15) is 0 Å². The summed E-state index contributed by atoms with van der Waals surface area (Å²) in [6.45, 7) is 14.4. The summed E-state index contributed by atoms with van der Waals surface area (Å²) in [6, 6.07) is 0. The largest absolute Gasteiger partial charge is 0.481 e. The van der Waals surface area contributed by atoms with Crippen molar-refractivity contribution in [3.05, 3.63) is 11.6 Å². The van der Waals surface area contributed by atoms with Crippen molar-refractivity contribution in [3.8, 4) is 0 Å². The number of aliphatic carboxylic acids is 1. The summed E-state index contributed by atoms with van der Waals surface area (Å²) in [5.41, 5.74) is -3.98. The molecule has 5 aliphatic carbocycles. The van der Waals surface area contributed by atoms with E-state index < -0.39 is 187 Å². The average molecular weight is 1130 g/mol. The Labute approximate surface area is 457 Å². The molecule has 0 spiro atoms. The van der Waals surface area contributed by atoms with Crippen LogP contribution in [0.25, 0.3) is 0 Å². The molecule has 13 N–H and O–H groups in total. The number of rotatable bonds is 12. The molecule has 9 rings (SSSR count). The molecule has 4 aliphatic heterocycles. The second kappa shape index (κ2) is 21.8. The molecular weight excluding hydrogens is 1050 g/mol. The number of aliphatic hydroxyl groups excluding tert-OH is 12. The molecular formula is C54H84O25. The SMILES string of the molecule is CC1O[C@@H](OC(=O)[C@]23CCC(C)(C)C[C@H]2C2=CC[C@@H]4[C@@]5(C)C[C@H](O)[C@H](O[C@@H]6OC(OC=O)[C@@H](O)[C@H](O)C6O)[C@@](C)(C(=O)O)[C@@H]5CC[C@@]4(C)[C@]2(C)CC3)[C@H](O[C@@H]2OC(C)[C@H](O[C@@H]3OC(CO)[C@@H](O)[C@H](O)C3O)[C@H](O)C2O)C(O)[C@H]1O. The number of carbonyl (C=O) groups is 3. The van der Waals surface area contributed by atoms with Crippen LogP contribution in [0.2, 0.25) is 0 Å². The van der Waals surface area contributed by atoms with Crippen LogP contribution in [-0.2, 0) is 57.0 Å². The van der Waals surface area contributed by atoms with Crippen molar-refractivity contribution < 1.29 is 123 Å². The first-order valence-electron chi connectivity index (χ1n) is 27.8. The van der Waals surface area contributed by atoms with Crippen LogP contribution in [0.3, 0.4) is 0 Å². The number of aliphatic hydroxyl groups is 12. The van der Waals surface area contributed by atoms with Gasteiger partial charge in [0.25, 0.3) is 6.47 Å². The van der Waals surface area contributed by atoms with Crippen LogP contribution in [0, 0.1) is 50.2 Å². The van der Waals surface area contributed by atoms with Crippen LogP contribution in [-0.4, -0.2) is 227 Å². The van der Waals surface area contributed by atoms with Crippen molar-refractivity contribution in [3.63, 3.8) is 0 Å². The minimum absolute atomic E-state index is 0.0164. The third kappa shape index (κ3) is 9.72. The molecule has 0 aromatic heterocycles. The third-order valence-corrected chi connectivity index (χ3v) is 21.3. The highest BCUT2D eigenvalue weighted by Crippen LogP contribution is 2.76. The second-order valence-electron chi connectivity index (χ2n) is 26.0. The summed E-state index contributed by atoms with van der Waals surface area (Å²) in [5, 5.41) is 142. The van der Waals surface area contributed by atoms with Crippen LogP contribution in [0.15, 0.2) is 11.6 Å². The van der Waals surface area contributed by atoms with E-state index in [2.05, 4.69) is 33.8 Å². The molecule has 0 radical (unpaired) electrons. The highest BCUT2D eigenvalue weighted by atomic mass is 16.8. The third-order valence-electron chi connectivity index (χ3n) is 21.3. The molecule has 8 fully saturated rings. The van der Waals surface area contributed by atoms with Gasteiger partial charge in [0.2, 0.25) is 12.6 Å². The molecule has 25 nitrogen and oxygen atoms in total. The zero-order valence-corrected chi connectivity index (χ0v) is 45.9. The minimum Gasteiger partial charge on any atom is -0.481 e. The number of esters is 1. The molecule has 450 valence electrons. The van der Waals surface area contributed by atoms with Crippen LogP contribution in [0.1, 0.15) is 113 Å². The fourth-order valence-corrected chi connectivity index (χ4v) is 16.4. The Kier molecular flexibility index (Phi) is 16.8. The van der Waals surface area contributed by atoms with E-state index >= 15 is 4.79 Å². The first kappa shape index (κ1) is 61.0. The summed E-state index contributed by atoms with van der Waals surface area (Å²) >= 11 is 0. The molecule has 0 aromatic rings. The maximum absolute atomic E-state index is 15.4. The van der Waals surface area contributed by atoms with Gasteiger partial charge in [-0.3, -0.25) is 14.4 Å². The Hall–Kier alpha value is -2.61. The van der Waals surface area contributed by atoms with E-state index in [9.17, 15) is 76.0 Å². The Morgan fingerprint density at radius 3 is 1.84 bits per heavy atom. The predicted molar refractivity (Wildman–Crippen MR) is 263 cm³/mol. The molecule has 0 bridgehead atoms. The maximum Gasteiger partial charge on any atom is 0.315 e. The topological polar surface area (TPSA) is 397 Å². The number of allylic oxidation sites excluding steroid dienone is 2. The lowest BCUT2D eigenvalue weighted by atomic mass is 9.33. The quantitative estimate of drug-likeness (QED) is 0.0443. The number of hydrogen-bond donors (Lipinski definition) is 13. The van der Waals surface area contributed by atoms with Crippen LogP contribution < -0.4 is 0 Å². The van der Waals surface area contributed by atoms with Crippen molar-refractivity contribution in [1.29, 1.82) is 0 Å². The predicted octanol–water partition coefficient (Wildman–Crippen LogP) is -1.81. The van der Waals surface area contributed by atoms with Gasteiger partial charge in [0.05, 0.1) is 35.7 Å². The molecule has 0 amide bonds. The van der Waals surface area contributed by atoms with E-state index in [0.29, 0.717) is 51.4 Å². The second-order valence-corrected chi connectivity index (χ2v) is 26.0. The molecule has 8 unspecified atom stereocenters. The van der Waals surface area contributed by atoms with Gasteiger partial charge in [-0.15, -0.1) is 0 Å². The Morgan fingerprint density at radius 2 is 1.19 bits per heavy atom. The van der Waals surface area contributed by atoms with Crippen molar-refractivity contribution >= 4 is 18.4 Å². The zero-order chi connectivity index (χ0) is 58.0. The molecule has 4 saturated heterocycles. The minimum atomic E-state index is -1.94. The summed E-state index contributed by atoms with van der Waals surface area (Å²) in [4.78, 5) is 40.3. The van der Waals surface area contributed by atoms with Gasteiger partial charge in [-0.05, 0) is 118 Å². The molecule has 79 heavy (non-hydrogen) atoms. The lowest BCUT2D eigenvalue weighted by Crippen LogP contribution is -2.70. The van der Waals surface area contributed by atoms with Gasteiger partial charge < -0.3 is 109 Å². The van der Waals surface area contributed by atoms with Gasteiger partial charge >= 0.3 is 11.9 Å². The van der Waals surface area contributed by atoms with E-state index in [1.54, 1.807) is 0 Å². The monoisotopic (exact) mass is 1130 g/mol. The van der Waals surface area contributed by atoms with E-state index in [1.807, 2.05) is 6.92 Å². The Balaban J connectivity index is 0.960. The molecule has 0 aromatic carbocycles. The normalized spacial score (nSPS) is 54.4. The van der Waals surface area contributed by atoms with Crippen LogP contribution in [0.5, 0.6) is 0 Å². The van der Waals surface area contributed by atoms with Gasteiger partial charge in [-0.1, -0.05) is 46.3 Å². The zero-order valence-electron chi connectivity index (χ0n) is 45.9. The summed E-state index contributed by atoms with van der Waals surface area (Å²) in [6.07, 6.45) is -30.2. The van der Waals surface area contributed by atoms with Crippen molar-refractivity contribution in [2.75, 3.05) is 6.61 Å². The molecule has 4 heterocycles. The van der Waals surface area contributed by atoms with Crippen molar-refractivity contribution in [1.82, 2.24) is 0 Å². The van der Waals surface area contributed by atoms with E-state index in [-0.39, 0.29) is 30.1 Å². The molecule has 25 heteroatoms. The fraction of sp³-hybridized carbons (Fsp3) is 0.907. The smallest absolute Gasteiger partial charge is 0.315 e. The lowest BCUT2D eigenvalue weighted by Gasteiger charge is -2.71. The number of carboxylic acid groups (broad SMARTS) is 1. The summed E-state index contributed by atoms with van der Waals surface area (Å²) in [5.74, 6) is -3.07. The molecule has 9 aliphatic rings. The van der Waals surface area contributed by atoms with Gasteiger partial charge in [0, 0.05) is 0 Å². The average Bonchev–Trinajstić information content (AvgIpc) is 3.35. The number of ether oxygens (including phenoxy) is 9. The molecule has 4 saturated carbocycles. The number of fused-ring (bicyclic) bond motifs is 7. The number of carboxylic acids is 1. The highest BCUT2D eigenvalue weighted by Gasteiger charge is 2.73. The number of hydrogen-bond acceptors (Lipinski definition) is 24. The Morgan fingerprint density at radius 1 is 0.620 bits per heavy atom. The lowest BCUT2D eigenvalue weighted by molar-refractivity contribution is -0.377. The van der Waals surface area contributed by atoms with Crippen molar-refractivity contribution in [2.24, 2.45) is 50.2 Å². The van der Waals surface area contributed by atoms with E-state index in [4.69, 9.17) is 42.6 Å². The van der Waals surface area contributed by atoms with Gasteiger partial charge in [0.1, 0.15) is 79.4 Å². The van der Waals surface area contributed by atoms with Gasteiger partial charge in [0.15, 0.2) is 25.0 Å². The highest BCUT2D eigenvalue weighted by molar-refractivity contribution is 5.79. The summed E-state index contributed by atoms with van der Waals surface area (Å²) < 4.78 is 52.2. The van der Waals surface area contributed by atoms with Crippen LogP contribution in [0.4, 0.5) is 0 Å². The van der Waals surface area contributed by atoms with Crippen LogP contribution >= 0.6 is 0 Å². The van der Waals surface area contributed by atoms with Crippen molar-refractivity contribution in [2.45, 2.75) is 248 Å².